The molecule has 1 atom stereocenters. The van der Waals surface area contributed by atoms with Gasteiger partial charge in [-0.1, -0.05) is 0 Å². The van der Waals surface area contributed by atoms with Crippen LogP contribution in [-0.4, -0.2) is 35.7 Å². The first-order chi connectivity index (χ1) is 11.7. The van der Waals surface area contributed by atoms with Crippen molar-refractivity contribution in [3.63, 3.8) is 0 Å². The van der Waals surface area contributed by atoms with E-state index in [0.29, 0.717) is 5.95 Å². The molecular formula is C17H21ClFIN4O. The monoisotopic (exact) mass is 478 g/mol. The number of fused-ring (bicyclic) bond motifs is 1. The smallest absolute Gasteiger partial charge is 0.222 e. The van der Waals surface area contributed by atoms with Crippen LogP contribution < -0.4 is 15.4 Å². The number of aromatic nitrogens is 2. The molecule has 0 amide bonds. The van der Waals surface area contributed by atoms with Gasteiger partial charge in [0.15, 0.2) is 0 Å². The maximum absolute atomic E-state index is 13.2. The van der Waals surface area contributed by atoms with Crippen LogP contribution in [0, 0.1) is 9.39 Å². The van der Waals surface area contributed by atoms with Crippen molar-refractivity contribution >= 4 is 40.9 Å². The Labute approximate surface area is 166 Å². The number of nitrogens with one attached hydrogen (secondary N) is 2. The molecule has 0 saturated heterocycles. The molecule has 0 radical (unpaired) electrons. The van der Waals surface area contributed by atoms with E-state index in [9.17, 15) is 4.39 Å². The normalized spacial score (nSPS) is 15.7. The van der Waals surface area contributed by atoms with Crippen molar-refractivity contribution in [3.05, 3.63) is 45.5 Å². The van der Waals surface area contributed by atoms with E-state index in [1.54, 1.807) is 24.5 Å². The zero-order valence-electron chi connectivity index (χ0n) is 13.7. The summed E-state index contributed by atoms with van der Waals surface area (Å²) in [5, 5.41) is 6.61. The van der Waals surface area contributed by atoms with Gasteiger partial charge in [0.2, 0.25) is 5.95 Å². The minimum absolute atomic E-state index is 0. The summed E-state index contributed by atoms with van der Waals surface area (Å²) >= 11 is 2.18. The first-order valence-electron chi connectivity index (χ1n) is 8.08. The van der Waals surface area contributed by atoms with Crippen molar-refractivity contribution in [1.29, 1.82) is 0 Å². The zero-order chi connectivity index (χ0) is 16.8. The highest BCUT2D eigenvalue weighted by Crippen LogP contribution is 2.27. The molecule has 0 spiro atoms. The predicted octanol–water partition coefficient (Wildman–Crippen LogP) is 3.43. The Morgan fingerprint density at radius 2 is 2.04 bits per heavy atom. The summed E-state index contributed by atoms with van der Waals surface area (Å²) in [6, 6.07) is 4.74. The molecule has 0 bridgehead atoms. The standard InChI is InChI=1S/C17H20FIN4O.ClH/c18-13-3-5-16-12(8-13)2-4-15(24-16)11-20-6-1-7-21-17-22-9-14(19)10-23-17;/h3,5,8-10,15,20H,1-2,4,6-7,11H2,(H,21,22,23);1H. The minimum Gasteiger partial charge on any atom is -0.489 e. The van der Waals surface area contributed by atoms with Gasteiger partial charge in [-0.3, -0.25) is 0 Å². The molecule has 0 fully saturated rings. The fraction of sp³-hybridized carbons (Fsp3) is 0.412. The quantitative estimate of drug-likeness (QED) is 0.472. The molecule has 2 heterocycles. The highest BCUT2D eigenvalue weighted by Gasteiger charge is 2.19. The van der Waals surface area contributed by atoms with E-state index in [4.69, 9.17) is 4.74 Å². The lowest BCUT2D eigenvalue weighted by molar-refractivity contribution is 0.170. The molecule has 1 aliphatic heterocycles. The Bertz CT molecular complexity index is 674. The Morgan fingerprint density at radius 1 is 1.24 bits per heavy atom. The van der Waals surface area contributed by atoms with Crippen LogP contribution in [0.4, 0.5) is 10.3 Å². The zero-order valence-corrected chi connectivity index (χ0v) is 16.6. The van der Waals surface area contributed by atoms with Crippen molar-refractivity contribution in [1.82, 2.24) is 15.3 Å². The maximum atomic E-state index is 13.2. The average Bonchev–Trinajstić information content (AvgIpc) is 2.59. The maximum Gasteiger partial charge on any atom is 0.222 e. The van der Waals surface area contributed by atoms with Crippen LogP contribution in [0.1, 0.15) is 18.4 Å². The van der Waals surface area contributed by atoms with E-state index in [1.165, 1.54) is 6.07 Å². The highest BCUT2D eigenvalue weighted by atomic mass is 127. The van der Waals surface area contributed by atoms with Gasteiger partial charge in [0.1, 0.15) is 17.7 Å². The van der Waals surface area contributed by atoms with Crippen LogP contribution in [0.15, 0.2) is 30.6 Å². The van der Waals surface area contributed by atoms with E-state index in [-0.39, 0.29) is 24.3 Å². The van der Waals surface area contributed by atoms with Crippen molar-refractivity contribution in [2.75, 3.05) is 25.0 Å². The summed E-state index contributed by atoms with van der Waals surface area (Å²) < 4.78 is 20.1. The van der Waals surface area contributed by atoms with Gasteiger partial charge >= 0.3 is 0 Å². The minimum atomic E-state index is -0.196. The summed E-state index contributed by atoms with van der Waals surface area (Å²) in [6.45, 7) is 2.52. The molecular weight excluding hydrogens is 458 g/mol. The molecule has 3 rings (SSSR count). The third kappa shape index (κ3) is 6.23. The second-order valence-electron chi connectivity index (χ2n) is 5.74. The number of aryl methyl sites for hydroxylation is 1. The largest absolute Gasteiger partial charge is 0.489 e. The van der Waals surface area contributed by atoms with Gasteiger partial charge < -0.3 is 15.4 Å². The molecule has 2 N–H and O–H groups in total. The average molecular weight is 479 g/mol. The summed E-state index contributed by atoms with van der Waals surface area (Å²) in [7, 11) is 0. The van der Waals surface area contributed by atoms with Crippen molar-refractivity contribution in [3.8, 4) is 5.75 Å². The molecule has 0 aliphatic carbocycles. The topological polar surface area (TPSA) is 59.1 Å². The number of benzene rings is 1. The van der Waals surface area contributed by atoms with Gasteiger partial charge in [-0.05, 0) is 72.2 Å². The third-order valence-electron chi connectivity index (χ3n) is 3.86. The molecule has 1 aromatic carbocycles. The molecule has 136 valence electrons. The molecule has 1 aliphatic rings. The van der Waals surface area contributed by atoms with E-state index in [2.05, 4.69) is 43.2 Å². The van der Waals surface area contributed by atoms with E-state index < -0.39 is 0 Å². The van der Waals surface area contributed by atoms with E-state index in [0.717, 1.165) is 53.8 Å². The number of hydrogen-bond donors (Lipinski definition) is 2. The van der Waals surface area contributed by atoms with Gasteiger partial charge in [-0.2, -0.15) is 0 Å². The van der Waals surface area contributed by atoms with Gasteiger partial charge in [-0.25, -0.2) is 14.4 Å². The summed E-state index contributed by atoms with van der Waals surface area (Å²) in [4.78, 5) is 8.40. The highest BCUT2D eigenvalue weighted by molar-refractivity contribution is 14.1. The summed E-state index contributed by atoms with van der Waals surface area (Å²) in [6.07, 6.45) is 6.49. The fourth-order valence-electron chi connectivity index (χ4n) is 2.64. The molecule has 2 aromatic rings. The molecule has 0 saturated carbocycles. The number of nitrogens with zero attached hydrogens (tertiary/aromatic N) is 2. The summed E-state index contributed by atoms with van der Waals surface area (Å²) in [5.74, 6) is 1.28. The van der Waals surface area contributed by atoms with Gasteiger partial charge in [0.25, 0.3) is 0 Å². The lowest BCUT2D eigenvalue weighted by Gasteiger charge is -2.26. The predicted molar refractivity (Wildman–Crippen MR) is 107 cm³/mol. The van der Waals surface area contributed by atoms with Gasteiger partial charge in [0.05, 0.1) is 0 Å². The molecule has 25 heavy (non-hydrogen) atoms. The molecule has 1 aromatic heterocycles. The van der Waals surface area contributed by atoms with E-state index in [1.807, 2.05) is 0 Å². The Kier molecular flexibility index (Phi) is 8.11. The Balaban J connectivity index is 0.00000225. The Hall–Kier alpha value is -1.19. The van der Waals surface area contributed by atoms with Crippen LogP contribution in [0.2, 0.25) is 0 Å². The summed E-state index contributed by atoms with van der Waals surface area (Å²) in [5.41, 5.74) is 0.966. The number of hydrogen-bond acceptors (Lipinski definition) is 5. The third-order valence-corrected chi connectivity index (χ3v) is 4.41. The SMILES string of the molecule is Cl.Fc1ccc2c(c1)CCC(CNCCCNc1ncc(I)cn1)O2. The number of rotatable bonds is 7. The Morgan fingerprint density at radius 3 is 2.84 bits per heavy atom. The first kappa shape index (κ1) is 20.1. The second kappa shape index (κ2) is 10.1. The van der Waals surface area contributed by atoms with Gasteiger partial charge in [0, 0.05) is 29.1 Å². The molecule has 5 nitrogen and oxygen atoms in total. The van der Waals surface area contributed by atoms with E-state index >= 15 is 0 Å². The van der Waals surface area contributed by atoms with Crippen molar-refractivity contribution < 1.29 is 9.13 Å². The second-order valence-corrected chi connectivity index (χ2v) is 6.99. The van der Waals surface area contributed by atoms with Crippen molar-refractivity contribution in [2.24, 2.45) is 0 Å². The van der Waals surface area contributed by atoms with Crippen LogP contribution in [0.25, 0.3) is 0 Å². The lowest BCUT2D eigenvalue weighted by Crippen LogP contribution is -2.35. The lowest BCUT2D eigenvalue weighted by atomic mass is 10.0. The number of ether oxygens (including phenoxy) is 1. The van der Waals surface area contributed by atoms with Crippen LogP contribution >= 0.6 is 35.0 Å². The fourth-order valence-corrected chi connectivity index (χ4v) is 2.92. The molecule has 1 unspecified atom stereocenters. The van der Waals surface area contributed by atoms with Crippen LogP contribution in [-0.2, 0) is 6.42 Å². The first-order valence-corrected chi connectivity index (χ1v) is 9.16. The van der Waals surface area contributed by atoms with Crippen LogP contribution in [0.3, 0.4) is 0 Å². The molecule has 8 heteroatoms. The number of halogens is 3. The van der Waals surface area contributed by atoms with Crippen molar-refractivity contribution in [2.45, 2.75) is 25.4 Å². The van der Waals surface area contributed by atoms with Gasteiger partial charge in [-0.15, -0.1) is 12.4 Å². The number of anilines is 1. The van der Waals surface area contributed by atoms with Crippen LogP contribution in [0.5, 0.6) is 5.75 Å².